The fourth-order valence-electron chi connectivity index (χ4n) is 2.47. The van der Waals surface area contributed by atoms with Crippen LogP contribution in [0, 0.1) is 5.82 Å². The van der Waals surface area contributed by atoms with Gasteiger partial charge in [0.05, 0.1) is 12.6 Å². The Morgan fingerprint density at radius 3 is 2.71 bits per heavy atom. The van der Waals surface area contributed by atoms with Crippen molar-refractivity contribution in [3.8, 4) is 0 Å². The third-order valence-corrected chi connectivity index (χ3v) is 4.16. The van der Waals surface area contributed by atoms with Crippen LogP contribution >= 0.6 is 0 Å². The van der Waals surface area contributed by atoms with E-state index in [1.807, 2.05) is 13.8 Å². The number of hydrogen-bond acceptors (Lipinski definition) is 5. The fraction of sp³-hybridized carbons (Fsp3) is 0.278. The highest BCUT2D eigenvalue weighted by molar-refractivity contribution is 5.93. The van der Waals surface area contributed by atoms with Crippen molar-refractivity contribution in [1.29, 1.82) is 0 Å². The van der Waals surface area contributed by atoms with Crippen LogP contribution < -0.4 is 10.9 Å². The van der Waals surface area contributed by atoms with Crippen molar-refractivity contribution in [2.45, 2.75) is 26.3 Å². The standard InChI is InChI=1S/C18H19FN6O3/c1-10(2)24(3)18(28)13-8-17(27)25-15(21-13)6-12(23-25)7-16(26)22-14-5-4-11(19)9-20-14/h4-6,8-10,23H,7H2,1-3H3,(H,20,22,26). The number of nitrogens with one attached hydrogen (secondary N) is 2. The molecule has 0 bridgehead atoms. The van der Waals surface area contributed by atoms with E-state index < -0.39 is 17.3 Å². The van der Waals surface area contributed by atoms with Crippen molar-refractivity contribution in [2.24, 2.45) is 0 Å². The quantitative estimate of drug-likeness (QED) is 0.685. The average molecular weight is 386 g/mol. The highest BCUT2D eigenvalue weighted by atomic mass is 19.1. The molecule has 0 saturated carbocycles. The minimum Gasteiger partial charge on any atom is -0.338 e. The zero-order valence-corrected chi connectivity index (χ0v) is 15.6. The van der Waals surface area contributed by atoms with Gasteiger partial charge in [0.15, 0.2) is 5.65 Å². The number of halogens is 1. The lowest BCUT2D eigenvalue weighted by atomic mass is 10.3. The number of H-pyrrole nitrogens is 1. The van der Waals surface area contributed by atoms with Gasteiger partial charge < -0.3 is 10.2 Å². The molecule has 0 aliphatic carbocycles. The first-order valence-electron chi connectivity index (χ1n) is 8.55. The zero-order valence-electron chi connectivity index (χ0n) is 15.6. The molecule has 2 amide bonds. The summed E-state index contributed by atoms with van der Waals surface area (Å²) in [6.07, 6.45) is 0.909. The van der Waals surface area contributed by atoms with E-state index in [2.05, 4.69) is 20.4 Å². The molecule has 3 aromatic heterocycles. The number of anilines is 1. The summed E-state index contributed by atoms with van der Waals surface area (Å²) in [5.74, 6) is -1.07. The van der Waals surface area contributed by atoms with E-state index in [4.69, 9.17) is 0 Å². The number of pyridine rings is 1. The first-order valence-corrected chi connectivity index (χ1v) is 8.55. The molecule has 0 unspecified atom stereocenters. The number of carbonyl (C=O) groups excluding carboxylic acids is 2. The highest BCUT2D eigenvalue weighted by Crippen LogP contribution is 2.09. The summed E-state index contributed by atoms with van der Waals surface area (Å²) in [5, 5.41) is 5.31. The molecule has 0 atom stereocenters. The molecule has 28 heavy (non-hydrogen) atoms. The molecule has 3 heterocycles. The molecule has 9 nitrogen and oxygen atoms in total. The highest BCUT2D eigenvalue weighted by Gasteiger charge is 2.18. The fourth-order valence-corrected chi connectivity index (χ4v) is 2.47. The van der Waals surface area contributed by atoms with Crippen molar-refractivity contribution in [3.05, 3.63) is 58.0 Å². The molecule has 3 rings (SSSR count). The van der Waals surface area contributed by atoms with Gasteiger partial charge in [-0.25, -0.2) is 18.9 Å². The number of fused-ring (bicyclic) bond motifs is 1. The number of aromatic nitrogens is 4. The molecule has 0 spiro atoms. The van der Waals surface area contributed by atoms with E-state index in [0.717, 1.165) is 16.8 Å². The van der Waals surface area contributed by atoms with Crippen LogP contribution in [0.15, 0.2) is 35.3 Å². The van der Waals surface area contributed by atoms with Crippen molar-refractivity contribution < 1.29 is 14.0 Å². The molecule has 0 aliphatic rings. The van der Waals surface area contributed by atoms with Crippen LogP contribution in [-0.2, 0) is 11.2 Å². The molecule has 0 aromatic carbocycles. The summed E-state index contributed by atoms with van der Waals surface area (Å²) >= 11 is 0. The monoisotopic (exact) mass is 386 g/mol. The summed E-state index contributed by atoms with van der Waals surface area (Å²) in [4.78, 5) is 46.3. The molecule has 3 aromatic rings. The van der Waals surface area contributed by atoms with Gasteiger partial charge in [0.1, 0.15) is 17.3 Å². The lowest BCUT2D eigenvalue weighted by molar-refractivity contribution is -0.115. The van der Waals surface area contributed by atoms with Gasteiger partial charge in [-0.2, -0.15) is 0 Å². The first-order chi connectivity index (χ1) is 13.2. The Labute approximate surface area is 159 Å². The average Bonchev–Trinajstić information content (AvgIpc) is 3.05. The summed E-state index contributed by atoms with van der Waals surface area (Å²) < 4.78 is 14.0. The summed E-state index contributed by atoms with van der Waals surface area (Å²) in [5.41, 5.74) is 0.228. The Morgan fingerprint density at radius 1 is 1.32 bits per heavy atom. The normalized spacial score (nSPS) is 11.0. The maximum atomic E-state index is 12.9. The second-order valence-electron chi connectivity index (χ2n) is 6.55. The maximum absolute atomic E-state index is 12.9. The van der Waals surface area contributed by atoms with Crippen LogP contribution in [0.1, 0.15) is 30.0 Å². The van der Waals surface area contributed by atoms with Gasteiger partial charge in [0, 0.05) is 30.9 Å². The van der Waals surface area contributed by atoms with Crippen molar-refractivity contribution in [3.63, 3.8) is 0 Å². The third-order valence-electron chi connectivity index (χ3n) is 4.16. The van der Waals surface area contributed by atoms with Crippen molar-refractivity contribution in [2.75, 3.05) is 12.4 Å². The van der Waals surface area contributed by atoms with Gasteiger partial charge in [0.2, 0.25) is 5.91 Å². The van der Waals surface area contributed by atoms with Gasteiger partial charge in [-0.1, -0.05) is 0 Å². The number of carbonyl (C=O) groups is 2. The predicted molar refractivity (Wildman–Crippen MR) is 99.6 cm³/mol. The van der Waals surface area contributed by atoms with Crippen molar-refractivity contribution >= 4 is 23.3 Å². The maximum Gasteiger partial charge on any atom is 0.273 e. The molecule has 0 fully saturated rings. The molecular weight excluding hydrogens is 367 g/mol. The molecule has 10 heteroatoms. The predicted octanol–water partition coefficient (Wildman–Crippen LogP) is 1.22. The first kappa shape index (κ1) is 19.2. The van der Waals surface area contributed by atoms with E-state index in [1.54, 1.807) is 7.05 Å². The Kier molecular flexibility index (Phi) is 5.21. The number of hydrogen-bond donors (Lipinski definition) is 2. The molecule has 2 N–H and O–H groups in total. The molecule has 146 valence electrons. The van der Waals surface area contributed by atoms with Gasteiger partial charge in [-0.05, 0) is 26.0 Å². The second-order valence-corrected chi connectivity index (χ2v) is 6.55. The van der Waals surface area contributed by atoms with Crippen LogP contribution in [0.2, 0.25) is 0 Å². The number of aromatic amines is 1. The molecule has 0 saturated heterocycles. The van der Waals surface area contributed by atoms with E-state index in [0.29, 0.717) is 5.69 Å². The van der Waals surface area contributed by atoms with Crippen LogP contribution in [0.25, 0.3) is 5.65 Å². The topological polar surface area (TPSA) is 112 Å². The minimum atomic E-state index is -0.507. The molecule has 0 radical (unpaired) electrons. The summed E-state index contributed by atoms with van der Waals surface area (Å²) in [6.45, 7) is 3.71. The van der Waals surface area contributed by atoms with Gasteiger partial charge in [-0.15, -0.1) is 0 Å². The van der Waals surface area contributed by atoms with E-state index in [-0.39, 0.29) is 35.5 Å². The zero-order chi connectivity index (χ0) is 20.4. The van der Waals surface area contributed by atoms with E-state index >= 15 is 0 Å². The minimum absolute atomic E-state index is 0.0340. The molecule has 0 aliphatic heterocycles. The van der Waals surface area contributed by atoms with E-state index in [1.165, 1.54) is 23.1 Å². The Morgan fingerprint density at radius 2 is 2.07 bits per heavy atom. The van der Waals surface area contributed by atoms with Gasteiger partial charge in [0.25, 0.3) is 11.5 Å². The Hall–Kier alpha value is -3.56. The number of nitrogens with zero attached hydrogens (tertiary/aromatic N) is 4. The number of amides is 2. The van der Waals surface area contributed by atoms with Crippen LogP contribution in [-0.4, -0.2) is 49.4 Å². The van der Waals surface area contributed by atoms with E-state index in [9.17, 15) is 18.8 Å². The smallest absolute Gasteiger partial charge is 0.273 e. The van der Waals surface area contributed by atoms with Gasteiger partial charge in [-0.3, -0.25) is 19.5 Å². The third kappa shape index (κ3) is 4.05. The largest absolute Gasteiger partial charge is 0.338 e. The van der Waals surface area contributed by atoms with Gasteiger partial charge >= 0.3 is 0 Å². The second kappa shape index (κ2) is 7.59. The summed E-state index contributed by atoms with van der Waals surface area (Å²) in [6, 6.07) is 5.15. The lowest BCUT2D eigenvalue weighted by Crippen LogP contribution is -2.34. The number of rotatable bonds is 5. The Bertz CT molecular complexity index is 1090. The van der Waals surface area contributed by atoms with Crippen LogP contribution in [0.5, 0.6) is 0 Å². The van der Waals surface area contributed by atoms with Crippen LogP contribution in [0.4, 0.5) is 10.2 Å². The molecular formula is C18H19FN6O3. The summed E-state index contributed by atoms with van der Waals surface area (Å²) in [7, 11) is 1.63. The van der Waals surface area contributed by atoms with Crippen LogP contribution in [0.3, 0.4) is 0 Å². The van der Waals surface area contributed by atoms with Crippen molar-refractivity contribution in [1.82, 2.24) is 24.5 Å². The SMILES string of the molecule is CC(C)N(C)C(=O)c1cc(=O)n2[nH]c(CC(=O)Nc3ccc(F)cn3)cc2n1. The Balaban J connectivity index is 1.81. The lowest BCUT2D eigenvalue weighted by Gasteiger charge is -2.20.